The van der Waals surface area contributed by atoms with Crippen LogP contribution in [0.1, 0.15) is 23.0 Å². The lowest BCUT2D eigenvalue weighted by Gasteiger charge is -2.18. The first kappa shape index (κ1) is 13.5. The molecule has 1 heterocycles. The minimum Gasteiger partial charge on any atom is -0.330 e. The maximum absolute atomic E-state index is 12.0. The number of benzene rings is 1. The number of nitrogens with two attached hydrogens (primary N) is 1. The van der Waals surface area contributed by atoms with E-state index in [9.17, 15) is 4.79 Å². The average molecular weight is 257 g/mol. The third-order valence-electron chi connectivity index (χ3n) is 3.29. The fourth-order valence-corrected chi connectivity index (χ4v) is 2.25. The van der Waals surface area contributed by atoms with Crippen molar-refractivity contribution in [1.29, 1.82) is 0 Å². The second-order valence-corrected chi connectivity index (χ2v) is 4.74. The molecule has 0 amide bonds. The summed E-state index contributed by atoms with van der Waals surface area (Å²) in [5.74, 6) is 0.862. The van der Waals surface area contributed by atoms with Gasteiger partial charge in [-0.3, -0.25) is 9.36 Å². The molecule has 2 N–H and O–H groups in total. The number of nitrogens with zero attached hydrogens (tertiary/aromatic N) is 2. The van der Waals surface area contributed by atoms with Crippen LogP contribution in [0.5, 0.6) is 0 Å². The van der Waals surface area contributed by atoms with Crippen molar-refractivity contribution in [2.24, 2.45) is 5.73 Å². The molecule has 4 nitrogen and oxygen atoms in total. The zero-order valence-corrected chi connectivity index (χ0v) is 11.3. The van der Waals surface area contributed by atoms with Crippen LogP contribution in [0.15, 0.2) is 41.2 Å². The Kier molecular flexibility index (Phi) is 4.12. The first-order valence-electron chi connectivity index (χ1n) is 6.42. The van der Waals surface area contributed by atoms with Crippen LogP contribution in [-0.2, 0) is 6.54 Å². The zero-order valence-electron chi connectivity index (χ0n) is 11.3. The van der Waals surface area contributed by atoms with Crippen LogP contribution < -0.4 is 11.3 Å². The van der Waals surface area contributed by atoms with Gasteiger partial charge in [-0.1, -0.05) is 30.3 Å². The van der Waals surface area contributed by atoms with Gasteiger partial charge in [-0.15, -0.1) is 0 Å². The monoisotopic (exact) mass is 257 g/mol. The van der Waals surface area contributed by atoms with Gasteiger partial charge in [0.2, 0.25) is 0 Å². The van der Waals surface area contributed by atoms with Crippen LogP contribution in [0.25, 0.3) is 0 Å². The molecule has 0 aliphatic carbocycles. The fourth-order valence-electron chi connectivity index (χ4n) is 2.25. The molecule has 0 saturated carbocycles. The summed E-state index contributed by atoms with van der Waals surface area (Å²) >= 11 is 0. The summed E-state index contributed by atoms with van der Waals surface area (Å²) in [6.07, 6.45) is 0. The van der Waals surface area contributed by atoms with Gasteiger partial charge in [-0.2, -0.15) is 0 Å². The summed E-state index contributed by atoms with van der Waals surface area (Å²) in [4.78, 5) is 16.4. The summed E-state index contributed by atoms with van der Waals surface area (Å²) in [6.45, 7) is 4.76. The molecule has 1 atom stereocenters. The average Bonchev–Trinajstić information content (AvgIpc) is 2.39. The summed E-state index contributed by atoms with van der Waals surface area (Å²) < 4.78 is 1.69. The minimum absolute atomic E-state index is 0.0145. The van der Waals surface area contributed by atoms with Crippen molar-refractivity contribution in [2.75, 3.05) is 6.54 Å². The smallest absolute Gasteiger partial charge is 0.253 e. The van der Waals surface area contributed by atoms with E-state index in [0.717, 1.165) is 17.1 Å². The van der Waals surface area contributed by atoms with E-state index in [1.807, 2.05) is 44.2 Å². The molecule has 0 aliphatic rings. The highest BCUT2D eigenvalue weighted by Crippen LogP contribution is 2.16. The van der Waals surface area contributed by atoms with Gasteiger partial charge in [0, 0.05) is 30.8 Å². The van der Waals surface area contributed by atoms with Gasteiger partial charge in [-0.05, 0) is 19.4 Å². The quantitative estimate of drug-likeness (QED) is 0.905. The SMILES string of the molecule is Cc1cc(=O)n(CC(CN)c2ccccc2)c(C)n1. The number of hydrogen-bond donors (Lipinski definition) is 1. The Hall–Kier alpha value is -1.94. The molecule has 0 fully saturated rings. The van der Waals surface area contributed by atoms with E-state index >= 15 is 0 Å². The molecule has 0 aliphatic heterocycles. The molecule has 0 saturated heterocycles. The molecule has 2 rings (SSSR count). The van der Waals surface area contributed by atoms with Crippen molar-refractivity contribution in [3.8, 4) is 0 Å². The largest absolute Gasteiger partial charge is 0.330 e. The third kappa shape index (κ3) is 3.09. The standard InChI is InChI=1S/C15H19N3O/c1-11-8-15(19)18(12(2)17-11)10-14(9-16)13-6-4-3-5-7-13/h3-8,14H,9-10,16H2,1-2H3. The molecule has 0 radical (unpaired) electrons. The van der Waals surface area contributed by atoms with E-state index < -0.39 is 0 Å². The highest BCUT2D eigenvalue weighted by Gasteiger charge is 2.13. The van der Waals surface area contributed by atoms with E-state index in [1.54, 1.807) is 10.6 Å². The van der Waals surface area contributed by atoms with Crippen LogP contribution in [0, 0.1) is 13.8 Å². The molecule has 0 bridgehead atoms. The maximum atomic E-state index is 12.0. The minimum atomic E-state index is -0.0145. The van der Waals surface area contributed by atoms with Gasteiger partial charge < -0.3 is 5.73 Å². The van der Waals surface area contributed by atoms with Crippen LogP contribution in [0.3, 0.4) is 0 Å². The summed E-state index contributed by atoms with van der Waals surface area (Å²) in [6, 6.07) is 11.6. The summed E-state index contributed by atoms with van der Waals surface area (Å²) in [5.41, 5.74) is 7.73. The van der Waals surface area contributed by atoms with Crippen molar-refractivity contribution < 1.29 is 0 Å². The highest BCUT2D eigenvalue weighted by atomic mass is 16.1. The predicted octanol–water partition coefficient (Wildman–Crippen LogP) is 1.60. The first-order valence-corrected chi connectivity index (χ1v) is 6.42. The van der Waals surface area contributed by atoms with Crippen LogP contribution in [0.4, 0.5) is 0 Å². The van der Waals surface area contributed by atoms with Gasteiger partial charge in [0.15, 0.2) is 0 Å². The van der Waals surface area contributed by atoms with Crippen molar-refractivity contribution in [3.05, 3.63) is 63.8 Å². The van der Waals surface area contributed by atoms with Crippen LogP contribution in [-0.4, -0.2) is 16.1 Å². The Morgan fingerprint density at radius 3 is 2.53 bits per heavy atom. The number of rotatable bonds is 4. The Labute approximate surface area is 112 Å². The summed E-state index contributed by atoms with van der Waals surface area (Å²) in [7, 11) is 0. The summed E-state index contributed by atoms with van der Waals surface area (Å²) in [5, 5.41) is 0. The molecule has 100 valence electrons. The molecule has 1 aromatic heterocycles. The van der Waals surface area contributed by atoms with E-state index in [2.05, 4.69) is 4.98 Å². The normalized spacial score (nSPS) is 12.4. The van der Waals surface area contributed by atoms with Crippen molar-refractivity contribution in [1.82, 2.24) is 9.55 Å². The van der Waals surface area contributed by atoms with Crippen molar-refractivity contribution in [3.63, 3.8) is 0 Å². The molecular formula is C15H19N3O. The lowest BCUT2D eigenvalue weighted by Crippen LogP contribution is -2.29. The van der Waals surface area contributed by atoms with E-state index in [4.69, 9.17) is 5.73 Å². The molecular weight excluding hydrogens is 238 g/mol. The van der Waals surface area contributed by atoms with Crippen molar-refractivity contribution in [2.45, 2.75) is 26.3 Å². The zero-order chi connectivity index (χ0) is 13.8. The van der Waals surface area contributed by atoms with Crippen LogP contribution >= 0.6 is 0 Å². The van der Waals surface area contributed by atoms with Gasteiger partial charge in [0.1, 0.15) is 5.82 Å². The second-order valence-electron chi connectivity index (χ2n) is 4.74. The first-order chi connectivity index (χ1) is 9.11. The number of aromatic nitrogens is 2. The Morgan fingerprint density at radius 1 is 1.26 bits per heavy atom. The lowest BCUT2D eigenvalue weighted by molar-refractivity contribution is 0.531. The Balaban J connectivity index is 2.32. The second kappa shape index (κ2) is 5.80. The molecule has 1 unspecified atom stereocenters. The Morgan fingerprint density at radius 2 is 1.95 bits per heavy atom. The predicted molar refractivity (Wildman–Crippen MR) is 76.2 cm³/mol. The van der Waals surface area contributed by atoms with Gasteiger partial charge >= 0.3 is 0 Å². The Bertz CT molecular complexity index is 605. The number of aryl methyl sites for hydroxylation is 2. The topological polar surface area (TPSA) is 60.9 Å². The van der Waals surface area contributed by atoms with Crippen molar-refractivity contribution >= 4 is 0 Å². The molecule has 2 aromatic rings. The van der Waals surface area contributed by atoms with E-state index in [0.29, 0.717) is 13.1 Å². The molecule has 4 heteroatoms. The van der Waals surface area contributed by atoms with E-state index in [-0.39, 0.29) is 11.5 Å². The van der Waals surface area contributed by atoms with Crippen LogP contribution in [0.2, 0.25) is 0 Å². The number of hydrogen-bond acceptors (Lipinski definition) is 3. The third-order valence-corrected chi connectivity index (χ3v) is 3.29. The molecule has 0 spiro atoms. The van der Waals surface area contributed by atoms with Gasteiger partial charge in [0.25, 0.3) is 5.56 Å². The van der Waals surface area contributed by atoms with Gasteiger partial charge in [-0.25, -0.2) is 4.98 Å². The highest BCUT2D eigenvalue weighted by molar-refractivity contribution is 5.20. The van der Waals surface area contributed by atoms with E-state index in [1.165, 1.54) is 0 Å². The molecule has 19 heavy (non-hydrogen) atoms. The maximum Gasteiger partial charge on any atom is 0.253 e. The fraction of sp³-hybridized carbons (Fsp3) is 0.333. The van der Waals surface area contributed by atoms with Gasteiger partial charge in [0.05, 0.1) is 0 Å². The molecule has 1 aromatic carbocycles. The lowest BCUT2D eigenvalue weighted by atomic mass is 9.99.